The average Bonchev–Trinajstić information content (AvgIpc) is 2.35. The monoisotopic (exact) mass is 328 g/mol. The molecule has 1 atom stereocenters. The summed E-state index contributed by atoms with van der Waals surface area (Å²) >= 11 is 9.20. The van der Waals surface area contributed by atoms with Crippen molar-refractivity contribution in [1.29, 1.82) is 0 Å². The molecule has 0 radical (unpaired) electrons. The number of benzene rings is 2. The van der Waals surface area contributed by atoms with E-state index in [0.717, 1.165) is 5.56 Å². The second-order valence-corrected chi connectivity index (χ2v) is 5.34. The molecule has 2 aromatic rings. The number of hydrogen-bond donors (Lipinski definition) is 1. The Morgan fingerprint density at radius 3 is 2.61 bits per heavy atom. The molecular weight excluding hydrogens is 319 g/mol. The van der Waals surface area contributed by atoms with Crippen LogP contribution in [0.3, 0.4) is 0 Å². The van der Waals surface area contributed by atoms with E-state index < -0.39 is 6.10 Å². The Labute approximate surface area is 118 Å². The van der Waals surface area contributed by atoms with Gasteiger partial charge in [-0.05, 0) is 63.8 Å². The van der Waals surface area contributed by atoms with Gasteiger partial charge in [0.1, 0.15) is 11.9 Å². The molecule has 1 nitrogen and oxygen atoms in total. The van der Waals surface area contributed by atoms with Gasteiger partial charge in [0.15, 0.2) is 0 Å². The van der Waals surface area contributed by atoms with Crippen LogP contribution in [0.1, 0.15) is 22.8 Å². The van der Waals surface area contributed by atoms with Crippen molar-refractivity contribution in [2.45, 2.75) is 13.0 Å². The van der Waals surface area contributed by atoms with Crippen LogP contribution in [0.25, 0.3) is 0 Å². The molecule has 0 aliphatic heterocycles. The van der Waals surface area contributed by atoms with Crippen LogP contribution < -0.4 is 0 Å². The molecule has 94 valence electrons. The zero-order valence-corrected chi connectivity index (χ0v) is 12.0. The van der Waals surface area contributed by atoms with Gasteiger partial charge in [-0.2, -0.15) is 0 Å². The molecule has 0 amide bonds. The fraction of sp³-hybridized carbons (Fsp3) is 0.143. The Morgan fingerprint density at radius 1 is 1.22 bits per heavy atom. The molecule has 2 rings (SSSR count). The van der Waals surface area contributed by atoms with E-state index in [4.69, 9.17) is 11.6 Å². The van der Waals surface area contributed by atoms with Crippen LogP contribution in [0, 0.1) is 12.7 Å². The number of aliphatic hydroxyl groups is 1. The van der Waals surface area contributed by atoms with Crippen molar-refractivity contribution in [2.75, 3.05) is 0 Å². The van der Waals surface area contributed by atoms with Gasteiger partial charge >= 0.3 is 0 Å². The minimum absolute atomic E-state index is 0.359. The van der Waals surface area contributed by atoms with E-state index in [-0.39, 0.29) is 5.82 Å². The van der Waals surface area contributed by atoms with Gasteiger partial charge in [-0.15, -0.1) is 0 Å². The predicted molar refractivity (Wildman–Crippen MR) is 74.4 cm³/mol. The third-order valence-corrected chi connectivity index (χ3v) is 4.01. The molecular formula is C14H11BrClFO. The molecule has 0 heterocycles. The zero-order chi connectivity index (χ0) is 13.3. The van der Waals surface area contributed by atoms with Crippen molar-refractivity contribution in [3.8, 4) is 0 Å². The van der Waals surface area contributed by atoms with Crippen molar-refractivity contribution in [1.82, 2.24) is 0 Å². The Bertz CT molecular complexity index is 586. The van der Waals surface area contributed by atoms with E-state index in [9.17, 15) is 9.50 Å². The van der Waals surface area contributed by atoms with E-state index in [1.807, 2.05) is 6.92 Å². The average molecular weight is 330 g/mol. The molecule has 18 heavy (non-hydrogen) atoms. The van der Waals surface area contributed by atoms with Crippen molar-refractivity contribution in [3.05, 3.63) is 68.4 Å². The van der Waals surface area contributed by atoms with Crippen LogP contribution in [0.5, 0.6) is 0 Å². The lowest BCUT2D eigenvalue weighted by atomic mass is 9.97. The van der Waals surface area contributed by atoms with E-state index >= 15 is 0 Å². The Hall–Kier alpha value is -0.900. The summed E-state index contributed by atoms with van der Waals surface area (Å²) in [5.74, 6) is -0.359. The lowest BCUT2D eigenvalue weighted by Crippen LogP contribution is -2.02. The van der Waals surface area contributed by atoms with Crippen molar-refractivity contribution >= 4 is 27.5 Å². The fourth-order valence-electron chi connectivity index (χ4n) is 1.77. The highest BCUT2D eigenvalue weighted by Gasteiger charge is 2.14. The minimum Gasteiger partial charge on any atom is -0.384 e. The SMILES string of the molecule is Cc1ccc(F)cc1C(O)c1ccc(Cl)c(Br)c1. The summed E-state index contributed by atoms with van der Waals surface area (Å²) in [6, 6.07) is 9.53. The maximum atomic E-state index is 13.2. The Morgan fingerprint density at radius 2 is 1.94 bits per heavy atom. The highest BCUT2D eigenvalue weighted by Crippen LogP contribution is 2.30. The summed E-state index contributed by atoms with van der Waals surface area (Å²) in [5.41, 5.74) is 2.07. The normalized spacial score (nSPS) is 12.5. The maximum absolute atomic E-state index is 13.2. The van der Waals surface area contributed by atoms with Crippen molar-refractivity contribution in [3.63, 3.8) is 0 Å². The van der Waals surface area contributed by atoms with E-state index in [2.05, 4.69) is 15.9 Å². The first kappa shape index (κ1) is 13.5. The number of halogens is 3. The number of aryl methyl sites for hydroxylation is 1. The van der Waals surface area contributed by atoms with E-state index in [1.165, 1.54) is 12.1 Å². The topological polar surface area (TPSA) is 20.2 Å². The summed E-state index contributed by atoms with van der Waals surface area (Å²) in [6.45, 7) is 1.84. The molecule has 0 aliphatic rings. The Kier molecular flexibility index (Phi) is 4.05. The second kappa shape index (κ2) is 5.39. The molecule has 0 spiro atoms. The lowest BCUT2D eigenvalue weighted by molar-refractivity contribution is 0.219. The van der Waals surface area contributed by atoms with Crippen LogP contribution in [0.2, 0.25) is 5.02 Å². The maximum Gasteiger partial charge on any atom is 0.123 e. The predicted octanol–water partition coefficient (Wildman–Crippen LogP) is 4.63. The van der Waals surface area contributed by atoms with Gasteiger partial charge in [0.05, 0.1) is 5.02 Å². The minimum atomic E-state index is -0.866. The first-order valence-electron chi connectivity index (χ1n) is 5.38. The van der Waals surface area contributed by atoms with Gasteiger partial charge in [-0.1, -0.05) is 23.7 Å². The quantitative estimate of drug-likeness (QED) is 0.851. The number of hydrogen-bond acceptors (Lipinski definition) is 1. The van der Waals surface area contributed by atoms with E-state index in [1.54, 1.807) is 24.3 Å². The highest BCUT2D eigenvalue weighted by atomic mass is 79.9. The molecule has 2 aromatic carbocycles. The van der Waals surface area contributed by atoms with Crippen LogP contribution in [-0.4, -0.2) is 5.11 Å². The standard InChI is InChI=1S/C14H11BrClFO/c1-8-2-4-10(17)7-11(8)14(18)9-3-5-13(16)12(15)6-9/h2-7,14,18H,1H3. The molecule has 0 fully saturated rings. The summed E-state index contributed by atoms with van der Waals surface area (Å²) in [7, 11) is 0. The number of rotatable bonds is 2. The van der Waals surface area contributed by atoms with Gasteiger partial charge in [-0.25, -0.2) is 4.39 Å². The third-order valence-electron chi connectivity index (χ3n) is 2.80. The van der Waals surface area contributed by atoms with Gasteiger partial charge in [0, 0.05) is 4.47 Å². The fourth-order valence-corrected chi connectivity index (χ4v) is 2.28. The van der Waals surface area contributed by atoms with Crippen LogP contribution in [-0.2, 0) is 0 Å². The zero-order valence-electron chi connectivity index (χ0n) is 9.62. The van der Waals surface area contributed by atoms with Crippen molar-refractivity contribution < 1.29 is 9.50 Å². The van der Waals surface area contributed by atoms with Gasteiger partial charge < -0.3 is 5.11 Å². The molecule has 0 saturated carbocycles. The van der Waals surface area contributed by atoms with Crippen LogP contribution in [0.15, 0.2) is 40.9 Å². The Balaban J connectivity index is 2.44. The first-order chi connectivity index (χ1) is 8.49. The first-order valence-corrected chi connectivity index (χ1v) is 6.55. The van der Waals surface area contributed by atoms with Crippen molar-refractivity contribution in [2.24, 2.45) is 0 Å². The molecule has 0 saturated heterocycles. The molecule has 1 unspecified atom stereocenters. The lowest BCUT2D eigenvalue weighted by Gasteiger charge is -2.15. The molecule has 1 N–H and O–H groups in total. The summed E-state index contributed by atoms with van der Waals surface area (Å²) in [6.07, 6.45) is -0.866. The molecule has 0 bridgehead atoms. The summed E-state index contributed by atoms with van der Waals surface area (Å²) < 4.78 is 13.9. The van der Waals surface area contributed by atoms with Gasteiger partial charge in [-0.3, -0.25) is 0 Å². The highest BCUT2D eigenvalue weighted by molar-refractivity contribution is 9.10. The van der Waals surface area contributed by atoms with Crippen LogP contribution in [0.4, 0.5) is 4.39 Å². The molecule has 0 aromatic heterocycles. The summed E-state index contributed by atoms with van der Waals surface area (Å²) in [4.78, 5) is 0. The molecule has 4 heteroatoms. The van der Waals surface area contributed by atoms with Gasteiger partial charge in [0.2, 0.25) is 0 Å². The van der Waals surface area contributed by atoms with Crippen LogP contribution >= 0.6 is 27.5 Å². The molecule has 0 aliphatic carbocycles. The second-order valence-electron chi connectivity index (χ2n) is 4.08. The van der Waals surface area contributed by atoms with E-state index in [0.29, 0.717) is 20.6 Å². The summed E-state index contributed by atoms with van der Waals surface area (Å²) in [5, 5.41) is 10.9. The third kappa shape index (κ3) is 2.74. The van der Waals surface area contributed by atoms with Gasteiger partial charge in [0.25, 0.3) is 0 Å². The number of aliphatic hydroxyl groups excluding tert-OH is 1. The smallest absolute Gasteiger partial charge is 0.123 e. The largest absolute Gasteiger partial charge is 0.384 e.